The summed E-state index contributed by atoms with van der Waals surface area (Å²) in [6.45, 7) is 2.74. The van der Waals surface area contributed by atoms with Crippen LogP contribution in [0, 0.1) is 0 Å². The van der Waals surface area contributed by atoms with Gasteiger partial charge in [-0.2, -0.15) is 4.72 Å². The molecule has 0 aliphatic carbocycles. The Labute approximate surface area is 169 Å². The van der Waals surface area contributed by atoms with Crippen molar-refractivity contribution in [3.8, 4) is 11.5 Å². The van der Waals surface area contributed by atoms with Gasteiger partial charge in [-0.05, 0) is 43.2 Å². The molecule has 0 unspecified atom stereocenters. The van der Waals surface area contributed by atoms with Crippen molar-refractivity contribution in [1.82, 2.24) is 10.0 Å². The summed E-state index contributed by atoms with van der Waals surface area (Å²) in [4.78, 5) is 12.3. The summed E-state index contributed by atoms with van der Waals surface area (Å²) in [5.41, 5.74) is 0.882. The van der Waals surface area contributed by atoms with Crippen LogP contribution < -0.4 is 19.5 Å². The van der Waals surface area contributed by atoms with Crippen LogP contribution in [0.3, 0.4) is 0 Å². The minimum Gasteiger partial charge on any atom is -0.486 e. The number of fused-ring (bicyclic) bond motifs is 1. The Morgan fingerprint density at radius 2 is 1.89 bits per heavy atom. The lowest BCUT2D eigenvalue weighted by Crippen LogP contribution is -2.45. The monoisotopic (exact) mass is 424 g/mol. The molecule has 1 aliphatic rings. The first-order chi connectivity index (χ1) is 13.4. The van der Waals surface area contributed by atoms with Crippen molar-refractivity contribution in [3.63, 3.8) is 0 Å². The fourth-order valence-corrected chi connectivity index (χ4v) is 4.26. The molecule has 1 amide bonds. The molecule has 1 heterocycles. The summed E-state index contributed by atoms with van der Waals surface area (Å²) in [6, 6.07) is 10.6. The molecule has 7 nitrogen and oxygen atoms in total. The largest absolute Gasteiger partial charge is 0.486 e. The van der Waals surface area contributed by atoms with Gasteiger partial charge in [-0.3, -0.25) is 4.79 Å². The molecule has 2 N–H and O–H groups in total. The molecule has 150 valence electrons. The third kappa shape index (κ3) is 4.95. The van der Waals surface area contributed by atoms with Crippen LogP contribution in [-0.4, -0.2) is 40.1 Å². The number of benzene rings is 2. The molecule has 1 aliphatic heterocycles. The van der Waals surface area contributed by atoms with Gasteiger partial charge in [0.2, 0.25) is 15.9 Å². The van der Waals surface area contributed by atoms with Crippen LogP contribution in [-0.2, 0) is 21.2 Å². The number of hydrogen-bond acceptors (Lipinski definition) is 5. The average molecular weight is 425 g/mol. The predicted octanol–water partition coefficient (Wildman–Crippen LogP) is 2.14. The number of sulfonamides is 1. The second-order valence-electron chi connectivity index (χ2n) is 6.30. The van der Waals surface area contributed by atoms with E-state index in [0.717, 1.165) is 5.56 Å². The van der Waals surface area contributed by atoms with Crippen molar-refractivity contribution in [2.45, 2.75) is 24.3 Å². The van der Waals surface area contributed by atoms with Gasteiger partial charge in [0.1, 0.15) is 13.2 Å². The van der Waals surface area contributed by atoms with Gasteiger partial charge in [-0.25, -0.2) is 8.42 Å². The molecule has 0 fully saturated rings. The van der Waals surface area contributed by atoms with Gasteiger partial charge in [-0.1, -0.05) is 29.8 Å². The second kappa shape index (κ2) is 8.81. The number of rotatable bonds is 7. The van der Waals surface area contributed by atoms with Gasteiger partial charge in [0.25, 0.3) is 0 Å². The quantitative estimate of drug-likeness (QED) is 0.710. The highest BCUT2D eigenvalue weighted by molar-refractivity contribution is 7.89. The van der Waals surface area contributed by atoms with Crippen LogP contribution in [0.4, 0.5) is 0 Å². The van der Waals surface area contributed by atoms with Crippen molar-refractivity contribution in [2.24, 2.45) is 0 Å². The summed E-state index contributed by atoms with van der Waals surface area (Å²) < 4.78 is 38.0. The van der Waals surface area contributed by atoms with Crippen LogP contribution >= 0.6 is 11.6 Å². The Bertz CT molecular complexity index is 950. The molecule has 0 bridgehead atoms. The lowest BCUT2D eigenvalue weighted by Gasteiger charge is -2.20. The topological polar surface area (TPSA) is 93.7 Å². The zero-order valence-electron chi connectivity index (χ0n) is 15.3. The standard InChI is InChI=1S/C19H21ClN2O5S/c1-13(22-28(24,25)15-5-3-2-4-6-15)19(23)21-8-7-14-11-16(20)18-17(12-14)26-9-10-27-18/h2-6,11-13,22H,7-10H2,1H3,(H,21,23)/t13-/m0/s1. The van der Waals surface area contributed by atoms with E-state index in [1.54, 1.807) is 24.3 Å². The lowest BCUT2D eigenvalue weighted by atomic mass is 10.1. The Kier molecular flexibility index (Phi) is 6.43. The summed E-state index contributed by atoms with van der Waals surface area (Å²) >= 11 is 6.20. The zero-order chi connectivity index (χ0) is 20.1. The minimum absolute atomic E-state index is 0.112. The van der Waals surface area contributed by atoms with Crippen LogP contribution in [0.15, 0.2) is 47.4 Å². The van der Waals surface area contributed by atoms with Crippen molar-refractivity contribution in [2.75, 3.05) is 19.8 Å². The fourth-order valence-electron chi connectivity index (χ4n) is 2.75. The van der Waals surface area contributed by atoms with Crippen LogP contribution in [0.2, 0.25) is 5.02 Å². The van der Waals surface area contributed by atoms with Gasteiger partial charge in [0.15, 0.2) is 11.5 Å². The van der Waals surface area contributed by atoms with Crippen molar-refractivity contribution < 1.29 is 22.7 Å². The smallest absolute Gasteiger partial charge is 0.241 e. The number of nitrogens with one attached hydrogen (secondary N) is 2. The summed E-state index contributed by atoms with van der Waals surface area (Å²) in [7, 11) is -3.76. The van der Waals surface area contributed by atoms with Gasteiger partial charge < -0.3 is 14.8 Å². The third-order valence-corrected chi connectivity index (χ3v) is 5.99. The highest BCUT2D eigenvalue weighted by Crippen LogP contribution is 2.38. The summed E-state index contributed by atoms with van der Waals surface area (Å²) in [6.07, 6.45) is 0.514. The zero-order valence-corrected chi connectivity index (χ0v) is 16.8. The molecular weight excluding hydrogens is 404 g/mol. The molecule has 0 radical (unpaired) electrons. The number of carbonyl (C=O) groups is 1. The molecule has 3 rings (SSSR count). The van der Waals surface area contributed by atoms with Crippen molar-refractivity contribution in [3.05, 3.63) is 53.1 Å². The Hall–Kier alpha value is -2.29. The molecular formula is C19H21ClN2O5S. The van der Waals surface area contributed by atoms with E-state index in [4.69, 9.17) is 21.1 Å². The number of ether oxygens (including phenoxy) is 2. The first-order valence-corrected chi connectivity index (χ1v) is 10.7. The van der Waals surface area contributed by atoms with Crippen LogP contribution in [0.1, 0.15) is 12.5 Å². The molecule has 0 saturated carbocycles. The van der Waals surface area contributed by atoms with Gasteiger partial charge in [-0.15, -0.1) is 0 Å². The molecule has 9 heteroatoms. The van der Waals surface area contributed by atoms with Crippen LogP contribution in [0.5, 0.6) is 11.5 Å². The van der Waals surface area contributed by atoms with Gasteiger partial charge >= 0.3 is 0 Å². The molecule has 0 saturated heterocycles. The third-order valence-electron chi connectivity index (χ3n) is 4.15. The lowest BCUT2D eigenvalue weighted by molar-refractivity contribution is -0.122. The van der Waals surface area contributed by atoms with Gasteiger partial charge in [0, 0.05) is 6.54 Å². The molecule has 2 aromatic carbocycles. The van der Waals surface area contributed by atoms with Crippen molar-refractivity contribution in [1.29, 1.82) is 0 Å². The first kappa shape index (κ1) is 20.4. The summed E-state index contributed by atoms with van der Waals surface area (Å²) in [5.74, 6) is 0.705. The summed E-state index contributed by atoms with van der Waals surface area (Å²) in [5, 5.41) is 3.18. The molecule has 1 atom stereocenters. The van der Waals surface area contributed by atoms with E-state index in [0.29, 0.717) is 42.7 Å². The average Bonchev–Trinajstić information content (AvgIpc) is 2.68. The maximum absolute atomic E-state index is 12.3. The number of amides is 1. The highest BCUT2D eigenvalue weighted by atomic mass is 35.5. The fraction of sp³-hybridized carbons (Fsp3) is 0.316. The van der Waals surface area contributed by atoms with E-state index in [-0.39, 0.29) is 4.90 Å². The molecule has 2 aromatic rings. The highest BCUT2D eigenvalue weighted by Gasteiger charge is 2.22. The Balaban J connectivity index is 1.53. The predicted molar refractivity (Wildman–Crippen MR) is 105 cm³/mol. The molecule has 0 aromatic heterocycles. The van der Waals surface area contributed by atoms with E-state index < -0.39 is 22.0 Å². The molecule has 28 heavy (non-hydrogen) atoms. The van der Waals surface area contributed by atoms with Crippen LogP contribution in [0.25, 0.3) is 0 Å². The van der Waals surface area contributed by atoms with E-state index in [1.165, 1.54) is 19.1 Å². The maximum Gasteiger partial charge on any atom is 0.241 e. The normalized spacial score (nSPS) is 14.4. The Morgan fingerprint density at radius 3 is 2.64 bits per heavy atom. The second-order valence-corrected chi connectivity index (χ2v) is 8.42. The first-order valence-electron chi connectivity index (χ1n) is 8.80. The number of hydrogen-bond donors (Lipinski definition) is 2. The van der Waals surface area contributed by atoms with E-state index >= 15 is 0 Å². The maximum atomic E-state index is 12.3. The SMILES string of the molecule is C[C@H](NS(=O)(=O)c1ccccc1)C(=O)NCCc1cc(Cl)c2c(c1)OCCO2. The van der Waals surface area contributed by atoms with E-state index in [1.807, 2.05) is 6.07 Å². The number of halogens is 1. The Morgan fingerprint density at radius 1 is 1.18 bits per heavy atom. The minimum atomic E-state index is -3.76. The van der Waals surface area contributed by atoms with E-state index in [2.05, 4.69) is 10.0 Å². The van der Waals surface area contributed by atoms with Crippen molar-refractivity contribution >= 4 is 27.5 Å². The number of carbonyl (C=O) groups excluding carboxylic acids is 1. The molecule has 0 spiro atoms. The van der Waals surface area contributed by atoms with E-state index in [9.17, 15) is 13.2 Å². The van der Waals surface area contributed by atoms with Gasteiger partial charge in [0.05, 0.1) is 16.0 Å².